The van der Waals surface area contributed by atoms with Crippen LogP contribution in [-0.4, -0.2) is 36.6 Å². The van der Waals surface area contributed by atoms with Gasteiger partial charge in [-0.15, -0.1) is 0 Å². The summed E-state index contributed by atoms with van der Waals surface area (Å²) in [5.74, 6) is 5.79. The summed E-state index contributed by atoms with van der Waals surface area (Å²) in [6.45, 7) is 4.01. The Morgan fingerprint density at radius 3 is 2.79 bits per heavy atom. The van der Waals surface area contributed by atoms with E-state index in [2.05, 4.69) is 37.1 Å². The molecule has 1 aromatic carbocycles. The number of fused-ring (bicyclic) bond motifs is 2. The Kier molecular flexibility index (Phi) is 5.97. The van der Waals surface area contributed by atoms with E-state index in [4.69, 9.17) is 0 Å². The third kappa shape index (κ3) is 4.66. The van der Waals surface area contributed by atoms with Crippen LogP contribution in [0.5, 0.6) is 0 Å². The summed E-state index contributed by atoms with van der Waals surface area (Å²) in [5.41, 5.74) is 6.24. The van der Waals surface area contributed by atoms with Crippen molar-refractivity contribution < 1.29 is 9.18 Å². The maximum Gasteiger partial charge on any atom is 0.270 e. The van der Waals surface area contributed by atoms with Crippen LogP contribution in [0.25, 0.3) is 10.9 Å². The monoisotopic (exact) mass is 504 g/mol. The zero-order chi connectivity index (χ0) is 26.2. The molecule has 7 nitrogen and oxygen atoms in total. The highest BCUT2D eigenvalue weighted by Gasteiger charge is 2.31. The van der Waals surface area contributed by atoms with Crippen LogP contribution in [0, 0.1) is 25.7 Å². The Balaban J connectivity index is 1.35. The number of hydrogen-bond donors (Lipinski definition) is 2. The number of carbonyl (C=O) groups is 1. The number of amides is 1. The number of nitrogens with one attached hydrogen (secondary N) is 2. The lowest BCUT2D eigenvalue weighted by molar-refractivity contribution is 0.0936. The lowest BCUT2D eigenvalue weighted by atomic mass is 10.1. The lowest BCUT2D eigenvalue weighted by Crippen LogP contribution is -2.31. The molecular formula is C30H25FN6O. The third-order valence-corrected chi connectivity index (χ3v) is 6.61. The highest BCUT2D eigenvalue weighted by Crippen LogP contribution is 2.30. The molecule has 8 heteroatoms. The summed E-state index contributed by atoms with van der Waals surface area (Å²) in [7, 11) is 0. The second-order valence-corrected chi connectivity index (χ2v) is 9.55. The smallest absolute Gasteiger partial charge is 0.270 e. The van der Waals surface area contributed by atoms with Gasteiger partial charge in [-0.25, -0.2) is 19.3 Å². The molecular weight excluding hydrogens is 479 g/mol. The molecule has 188 valence electrons. The number of imidazole rings is 1. The average molecular weight is 505 g/mol. The summed E-state index contributed by atoms with van der Waals surface area (Å²) in [6, 6.07) is 18.4. The molecule has 0 radical (unpaired) electrons. The van der Waals surface area contributed by atoms with Gasteiger partial charge in [-0.3, -0.25) is 4.79 Å². The van der Waals surface area contributed by atoms with Crippen molar-refractivity contribution in [2.45, 2.75) is 39.0 Å². The largest absolute Gasteiger partial charge is 0.356 e. The number of pyridine rings is 2. The van der Waals surface area contributed by atoms with Crippen LogP contribution in [0.3, 0.4) is 0 Å². The van der Waals surface area contributed by atoms with E-state index in [1.165, 1.54) is 0 Å². The average Bonchev–Trinajstić information content (AvgIpc) is 3.59. The van der Waals surface area contributed by atoms with Crippen molar-refractivity contribution >= 4 is 16.8 Å². The third-order valence-electron chi connectivity index (χ3n) is 6.61. The van der Waals surface area contributed by atoms with E-state index in [-0.39, 0.29) is 24.6 Å². The molecule has 2 atom stereocenters. The van der Waals surface area contributed by atoms with Crippen LogP contribution in [0.1, 0.15) is 56.3 Å². The van der Waals surface area contributed by atoms with Crippen molar-refractivity contribution in [3.63, 3.8) is 0 Å². The van der Waals surface area contributed by atoms with E-state index >= 15 is 0 Å². The summed E-state index contributed by atoms with van der Waals surface area (Å²) >= 11 is 0. The first-order valence-electron chi connectivity index (χ1n) is 12.4. The van der Waals surface area contributed by atoms with Gasteiger partial charge in [0.1, 0.15) is 23.6 Å². The SMILES string of the molecule is Cc1cccc(C#Cc2cc(C)nc(C(=O)NC(c3cc4ccccc4[nH]3)c3ncn4c3C[C@@H](F)C4)c2)n1. The van der Waals surface area contributed by atoms with Gasteiger partial charge in [0, 0.05) is 40.3 Å². The summed E-state index contributed by atoms with van der Waals surface area (Å²) < 4.78 is 16.0. The number of halogens is 1. The summed E-state index contributed by atoms with van der Waals surface area (Å²) in [6.07, 6.45) is 0.940. The zero-order valence-corrected chi connectivity index (χ0v) is 21.0. The number of alkyl halides is 1. The fourth-order valence-electron chi connectivity index (χ4n) is 4.89. The van der Waals surface area contributed by atoms with Crippen LogP contribution in [0.15, 0.2) is 67.0 Å². The molecule has 38 heavy (non-hydrogen) atoms. The first-order valence-corrected chi connectivity index (χ1v) is 12.4. The number of nitrogens with zero attached hydrogens (tertiary/aromatic N) is 4. The number of hydrogen-bond acceptors (Lipinski definition) is 4. The molecule has 1 aliphatic heterocycles. The minimum Gasteiger partial charge on any atom is -0.356 e. The molecule has 2 N–H and O–H groups in total. The highest BCUT2D eigenvalue weighted by atomic mass is 19.1. The number of carbonyl (C=O) groups excluding carboxylic acids is 1. The van der Waals surface area contributed by atoms with Gasteiger partial charge < -0.3 is 14.9 Å². The molecule has 0 spiro atoms. The van der Waals surface area contributed by atoms with Crippen molar-refractivity contribution in [1.29, 1.82) is 0 Å². The standard InChI is InChI=1S/C30H25FN6O/c1-18-6-5-8-23(33-18)11-10-20-12-19(2)34-26(13-20)30(38)36-28(25-14-21-7-3-4-9-24(21)35-25)29-27-15-22(31)16-37(27)17-32-29/h3-9,12-14,17,22,28,35H,15-16H2,1-2H3,(H,36,38)/t22-,28?/m1/s1. The van der Waals surface area contributed by atoms with E-state index < -0.39 is 12.2 Å². The minimum atomic E-state index is -0.965. The Morgan fingerprint density at radius 1 is 1.08 bits per heavy atom. The molecule has 1 amide bonds. The van der Waals surface area contributed by atoms with Crippen LogP contribution in [0.2, 0.25) is 0 Å². The molecule has 1 unspecified atom stereocenters. The predicted molar refractivity (Wildman–Crippen MR) is 142 cm³/mol. The quantitative estimate of drug-likeness (QED) is 0.351. The van der Waals surface area contributed by atoms with Gasteiger partial charge in [0.15, 0.2) is 0 Å². The van der Waals surface area contributed by atoms with Crippen LogP contribution in [-0.2, 0) is 13.0 Å². The number of rotatable bonds is 4. The van der Waals surface area contributed by atoms with Crippen LogP contribution < -0.4 is 5.32 Å². The second kappa shape index (κ2) is 9.60. The van der Waals surface area contributed by atoms with Crippen molar-refractivity contribution in [3.8, 4) is 11.8 Å². The normalized spacial score (nSPS) is 15.1. The van der Waals surface area contributed by atoms with Gasteiger partial charge >= 0.3 is 0 Å². The Bertz CT molecular complexity index is 1710. The van der Waals surface area contributed by atoms with Crippen molar-refractivity contribution in [2.75, 3.05) is 0 Å². The van der Waals surface area contributed by atoms with Gasteiger partial charge in [-0.2, -0.15) is 0 Å². The summed E-state index contributed by atoms with van der Waals surface area (Å²) in [4.78, 5) is 30.4. The second-order valence-electron chi connectivity index (χ2n) is 9.55. The molecule has 4 aromatic heterocycles. The maximum atomic E-state index is 14.2. The fourth-order valence-corrected chi connectivity index (χ4v) is 4.89. The first kappa shape index (κ1) is 23.6. The topological polar surface area (TPSA) is 88.5 Å². The molecule has 6 rings (SSSR count). The van der Waals surface area contributed by atoms with Crippen LogP contribution >= 0.6 is 0 Å². The first-order chi connectivity index (χ1) is 18.4. The van der Waals surface area contributed by atoms with Crippen LogP contribution in [0.4, 0.5) is 4.39 Å². The predicted octanol–water partition coefficient (Wildman–Crippen LogP) is 4.58. The Labute approximate surface area is 219 Å². The Morgan fingerprint density at radius 2 is 1.95 bits per heavy atom. The van der Waals surface area contributed by atoms with Gasteiger partial charge in [0.25, 0.3) is 5.91 Å². The van der Waals surface area contributed by atoms with E-state index in [1.807, 2.05) is 73.0 Å². The maximum absolute atomic E-state index is 14.2. The van der Waals surface area contributed by atoms with E-state index in [0.29, 0.717) is 22.6 Å². The number of aromatic nitrogens is 5. The number of aryl methyl sites for hydroxylation is 2. The number of aromatic amines is 1. The molecule has 0 saturated carbocycles. The van der Waals surface area contributed by atoms with Gasteiger partial charge in [-0.05, 0) is 61.6 Å². The van der Waals surface area contributed by atoms with Gasteiger partial charge in [0.05, 0.1) is 18.6 Å². The zero-order valence-electron chi connectivity index (χ0n) is 21.0. The Hall–Kier alpha value is -4.77. The van der Waals surface area contributed by atoms with E-state index in [1.54, 1.807) is 12.4 Å². The van der Waals surface area contributed by atoms with Gasteiger partial charge in [-0.1, -0.05) is 30.2 Å². The van der Waals surface area contributed by atoms with Crippen molar-refractivity contribution in [1.82, 2.24) is 29.8 Å². The van der Waals surface area contributed by atoms with Crippen molar-refractivity contribution in [2.24, 2.45) is 0 Å². The molecule has 0 fully saturated rings. The molecule has 0 aliphatic carbocycles. The summed E-state index contributed by atoms with van der Waals surface area (Å²) in [5, 5.41) is 4.11. The minimum absolute atomic E-state index is 0.242. The molecule has 1 aliphatic rings. The van der Waals surface area contributed by atoms with Gasteiger partial charge in [0.2, 0.25) is 0 Å². The molecule has 5 heterocycles. The molecule has 0 saturated heterocycles. The highest BCUT2D eigenvalue weighted by molar-refractivity contribution is 5.93. The number of benzene rings is 1. The van der Waals surface area contributed by atoms with E-state index in [9.17, 15) is 9.18 Å². The number of H-pyrrole nitrogens is 1. The van der Waals surface area contributed by atoms with Crippen molar-refractivity contribution in [3.05, 3.63) is 112 Å². The lowest BCUT2D eigenvalue weighted by Gasteiger charge is -2.17. The molecule has 0 bridgehead atoms. The molecule has 5 aromatic rings. The fraction of sp³-hybridized carbons (Fsp3) is 0.200. The number of para-hydroxylation sites is 1. The van der Waals surface area contributed by atoms with E-state index in [0.717, 1.165) is 28.0 Å².